The summed E-state index contributed by atoms with van der Waals surface area (Å²) in [6.07, 6.45) is 3.98. The van der Waals surface area contributed by atoms with Crippen LogP contribution in [0.25, 0.3) is 0 Å². The quantitative estimate of drug-likeness (QED) is 0.507. The Morgan fingerprint density at radius 3 is 2.81 bits per heavy atom. The van der Waals surface area contributed by atoms with Crippen LogP contribution in [0, 0.1) is 17.8 Å². The fraction of sp³-hybridized carbons (Fsp3) is 0.591. The van der Waals surface area contributed by atoms with Crippen LogP contribution in [0.5, 0.6) is 5.75 Å². The number of ether oxygens (including phenoxy) is 2. The van der Waals surface area contributed by atoms with E-state index in [1.165, 1.54) is 24.3 Å². The molecule has 2 aliphatic rings. The van der Waals surface area contributed by atoms with Gasteiger partial charge < -0.3 is 14.8 Å². The first-order valence-electron chi connectivity index (χ1n) is 12.2. The summed E-state index contributed by atoms with van der Waals surface area (Å²) >= 11 is 0. The van der Waals surface area contributed by atoms with Gasteiger partial charge >= 0.3 is 11.9 Å². The number of esters is 2. The molecule has 0 radical (unpaired) electrons. The van der Waals surface area contributed by atoms with E-state index in [0.29, 0.717) is 30.1 Å². The number of H-pyrrole nitrogens is 1. The largest absolute Gasteiger partial charge is 0.462 e. The standard InChI is InChI=1S/C22H29N5O4/c1-2-30-21(28)15-6-8-18(9-7-15)31-22(29)19-12-17-11-14(3-5-16(17)13-23-19)4-10-20-24-26-27-25-20/h6-9,14,16-17,19,23H,2-5,10-13H2,1H3,(H,24,25,26,27)/t14-,16+,17-,19+/m1/s1/i13D2,19D. The lowest BCUT2D eigenvalue weighted by atomic mass is 9.69. The molecule has 1 aromatic heterocycles. The SMILES string of the molecule is [2H]C1([2H])N[C@]([2H])(C(=O)Oc2ccc(C(=O)OCC)cc2)C[C@H]2C[C@@H](CCc3nn[nH]n3)CC[C@H]21. The van der Waals surface area contributed by atoms with Crippen molar-refractivity contribution in [3.8, 4) is 5.75 Å². The Hall–Kier alpha value is -2.81. The minimum Gasteiger partial charge on any atom is -0.462 e. The summed E-state index contributed by atoms with van der Waals surface area (Å²) in [5.41, 5.74) is 0.325. The zero-order valence-electron chi connectivity index (χ0n) is 20.5. The van der Waals surface area contributed by atoms with Crippen LogP contribution >= 0.6 is 0 Å². The van der Waals surface area contributed by atoms with Crippen molar-refractivity contribution in [2.24, 2.45) is 17.8 Å². The van der Waals surface area contributed by atoms with Gasteiger partial charge in [0.1, 0.15) is 11.8 Å². The Bertz CT molecular complexity index is 1000. The molecule has 0 bridgehead atoms. The number of hydrogen-bond donors (Lipinski definition) is 2. The van der Waals surface area contributed by atoms with Crippen molar-refractivity contribution in [1.29, 1.82) is 0 Å². The number of aryl methyl sites for hydroxylation is 1. The third kappa shape index (κ3) is 5.46. The molecular weight excluding hydrogens is 398 g/mol. The van der Waals surface area contributed by atoms with E-state index in [0.717, 1.165) is 19.3 Å². The monoisotopic (exact) mass is 430 g/mol. The Balaban J connectivity index is 1.41. The van der Waals surface area contributed by atoms with Gasteiger partial charge in [-0.2, -0.15) is 5.21 Å². The number of benzene rings is 1. The molecular formula is C22H29N5O4. The van der Waals surface area contributed by atoms with Crippen molar-refractivity contribution in [2.45, 2.75) is 51.5 Å². The molecule has 1 saturated heterocycles. The van der Waals surface area contributed by atoms with Crippen LogP contribution in [-0.4, -0.2) is 51.7 Å². The first-order valence-corrected chi connectivity index (χ1v) is 10.7. The molecule has 2 aromatic rings. The fourth-order valence-electron chi connectivity index (χ4n) is 4.33. The molecule has 9 heteroatoms. The molecule has 4 atom stereocenters. The van der Waals surface area contributed by atoms with Crippen molar-refractivity contribution in [1.82, 2.24) is 25.9 Å². The van der Waals surface area contributed by atoms with Gasteiger partial charge in [-0.25, -0.2) is 9.59 Å². The predicted octanol–water partition coefficient (Wildman–Crippen LogP) is 2.31. The number of hydrogen-bond acceptors (Lipinski definition) is 8. The molecule has 0 amide bonds. The summed E-state index contributed by atoms with van der Waals surface area (Å²) in [5.74, 6) is -0.583. The third-order valence-electron chi connectivity index (χ3n) is 5.95. The molecule has 0 unspecified atom stereocenters. The number of fused-ring (bicyclic) bond motifs is 1. The highest BCUT2D eigenvalue weighted by Crippen LogP contribution is 2.40. The molecule has 1 aliphatic heterocycles. The number of nitrogens with one attached hydrogen (secondary N) is 2. The smallest absolute Gasteiger partial charge is 0.338 e. The van der Waals surface area contributed by atoms with Crippen LogP contribution < -0.4 is 10.1 Å². The van der Waals surface area contributed by atoms with E-state index >= 15 is 0 Å². The first kappa shape index (κ1) is 17.8. The molecule has 1 saturated carbocycles. The fourth-order valence-corrected chi connectivity index (χ4v) is 4.33. The van der Waals surface area contributed by atoms with E-state index in [1.54, 1.807) is 6.92 Å². The van der Waals surface area contributed by atoms with E-state index in [4.69, 9.17) is 13.6 Å². The number of carbonyl (C=O) groups is 2. The number of piperidine rings is 1. The Morgan fingerprint density at radius 2 is 2.06 bits per heavy atom. The van der Waals surface area contributed by atoms with E-state index in [2.05, 4.69) is 25.9 Å². The maximum atomic E-state index is 13.0. The van der Waals surface area contributed by atoms with Gasteiger partial charge in [-0.1, -0.05) is 11.6 Å². The molecule has 4 rings (SSSR count). The van der Waals surface area contributed by atoms with Crippen LogP contribution in [0.2, 0.25) is 0 Å². The summed E-state index contributed by atoms with van der Waals surface area (Å²) in [5, 5.41) is 16.6. The number of nitrogens with zero attached hydrogens (tertiary/aromatic N) is 3. The number of carbonyl (C=O) groups excluding carboxylic acids is 2. The molecule has 2 fully saturated rings. The van der Waals surface area contributed by atoms with Gasteiger partial charge in [0.2, 0.25) is 0 Å². The molecule has 2 N–H and O–H groups in total. The highest BCUT2D eigenvalue weighted by atomic mass is 16.5. The minimum absolute atomic E-state index is 0.128. The molecule has 1 aromatic carbocycles. The lowest BCUT2D eigenvalue weighted by molar-refractivity contribution is -0.138. The zero-order chi connectivity index (χ0) is 24.3. The summed E-state index contributed by atoms with van der Waals surface area (Å²) in [7, 11) is 0. The molecule has 9 nitrogen and oxygen atoms in total. The zero-order valence-corrected chi connectivity index (χ0v) is 17.5. The van der Waals surface area contributed by atoms with Gasteiger partial charge in [0.15, 0.2) is 5.82 Å². The number of aromatic nitrogens is 4. The van der Waals surface area contributed by atoms with Crippen LogP contribution in [0.3, 0.4) is 0 Å². The van der Waals surface area contributed by atoms with Gasteiger partial charge in [-0.15, -0.1) is 10.2 Å². The van der Waals surface area contributed by atoms with Gasteiger partial charge in [-0.3, -0.25) is 0 Å². The molecule has 1 aliphatic carbocycles. The van der Waals surface area contributed by atoms with Crippen molar-refractivity contribution in [3.05, 3.63) is 35.7 Å². The second kappa shape index (κ2) is 10.00. The molecule has 31 heavy (non-hydrogen) atoms. The van der Waals surface area contributed by atoms with Gasteiger partial charge in [0.25, 0.3) is 0 Å². The van der Waals surface area contributed by atoms with E-state index in [-0.39, 0.29) is 30.6 Å². The number of aromatic amines is 1. The summed E-state index contributed by atoms with van der Waals surface area (Å²) in [6, 6.07) is 3.97. The van der Waals surface area contributed by atoms with Crippen molar-refractivity contribution in [3.63, 3.8) is 0 Å². The van der Waals surface area contributed by atoms with Gasteiger partial charge in [0.05, 0.1) is 13.5 Å². The normalized spacial score (nSPS) is 30.9. The molecule has 0 spiro atoms. The topological polar surface area (TPSA) is 119 Å². The van der Waals surface area contributed by atoms with E-state index in [9.17, 15) is 9.59 Å². The Kier molecular flexibility index (Phi) is 5.75. The predicted molar refractivity (Wildman–Crippen MR) is 111 cm³/mol. The third-order valence-corrected chi connectivity index (χ3v) is 5.95. The minimum atomic E-state index is -1.92. The van der Waals surface area contributed by atoms with Gasteiger partial charge in [0, 0.05) is 9.16 Å². The van der Waals surface area contributed by atoms with Crippen LogP contribution in [0.4, 0.5) is 0 Å². The van der Waals surface area contributed by atoms with Crippen LogP contribution in [0.15, 0.2) is 24.3 Å². The van der Waals surface area contributed by atoms with E-state index < -0.39 is 24.5 Å². The second-order valence-electron chi connectivity index (χ2n) is 8.00. The van der Waals surface area contributed by atoms with Crippen molar-refractivity contribution >= 4 is 11.9 Å². The lowest BCUT2D eigenvalue weighted by Crippen LogP contribution is -2.50. The van der Waals surface area contributed by atoms with Crippen molar-refractivity contribution < 1.29 is 23.2 Å². The Labute approximate surface area is 185 Å². The summed E-state index contributed by atoms with van der Waals surface area (Å²) in [4.78, 5) is 24.8. The average molecular weight is 431 g/mol. The number of tetrazole rings is 1. The van der Waals surface area contributed by atoms with Crippen LogP contribution in [0.1, 0.15) is 59.3 Å². The Morgan fingerprint density at radius 1 is 1.23 bits per heavy atom. The summed E-state index contributed by atoms with van der Waals surface area (Å²) in [6.45, 7) is 0.103. The molecule has 166 valence electrons. The first-order chi connectivity index (χ1) is 16.2. The molecule has 2 heterocycles. The lowest BCUT2D eigenvalue weighted by Gasteiger charge is -2.42. The number of rotatable bonds is 7. The highest BCUT2D eigenvalue weighted by molar-refractivity contribution is 5.89. The second-order valence-corrected chi connectivity index (χ2v) is 8.00. The maximum absolute atomic E-state index is 13.0. The maximum Gasteiger partial charge on any atom is 0.338 e. The van der Waals surface area contributed by atoms with E-state index in [1.807, 2.05) is 0 Å². The average Bonchev–Trinajstić information content (AvgIpc) is 3.31. The van der Waals surface area contributed by atoms with Crippen LogP contribution in [-0.2, 0) is 16.0 Å². The highest BCUT2D eigenvalue weighted by Gasteiger charge is 2.38. The van der Waals surface area contributed by atoms with Gasteiger partial charge in [-0.05, 0) is 81.1 Å². The summed E-state index contributed by atoms with van der Waals surface area (Å²) < 4.78 is 36.2. The van der Waals surface area contributed by atoms with Crippen molar-refractivity contribution in [2.75, 3.05) is 13.1 Å².